The summed E-state index contributed by atoms with van der Waals surface area (Å²) >= 11 is 3.43. The Hall–Kier alpha value is -0.0500. The summed E-state index contributed by atoms with van der Waals surface area (Å²) in [5, 5.41) is 9.20. The van der Waals surface area contributed by atoms with Gasteiger partial charge in [-0.05, 0) is 61.7 Å². The zero-order valence-electron chi connectivity index (χ0n) is 8.79. The molecule has 0 aliphatic heterocycles. The summed E-state index contributed by atoms with van der Waals surface area (Å²) in [5.74, 6) is 1.83. The molecule has 0 heterocycles. The molecule has 15 heavy (non-hydrogen) atoms. The van der Waals surface area contributed by atoms with Gasteiger partial charge < -0.3 is 5.11 Å². The molecule has 0 saturated heterocycles. The van der Waals surface area contributed by atoms with Crippen molar-refractivity contribution in [3.63, 3.8) is 0 Å². The van der Waals surface area contributed by atoms with Crippen LogP contribution in [0.3, 0.4) is 0 Å². The molecule has 4 saturated carbocycles. The van der Waals surface area contributed by atoms with E-state index in [9.17, 15) is 9.90 Å². The maximum absolute atomic E-state index is 11.2. The lowest BCUT2D eigenvalue weighted by Gasteiger charge is -2.57. The molecule has 2 nitrogen and oxygen atoms in total. The molecule has 3 heteroatoms. The van der Waals surface area contributed by atoms with Gasteiger partial charge in [0.05, 0.1) is 0 Å². The third-order valence-electron chi connectivity index (χ3n) is 4.84. The summed E-state index contributed by atoms with van der Waals surface area (Å²) in [5.41, 5.74) is 0.0978. The Balaban J connectivity index is 1.89. The summed E-state index contributed by atoms with van der Waals surface area (Å²) in [6.45, 7) is 0. The first-order valence-electron chi connectivity index (χ1n) is 5.96. The lowest BCUT2D eigenvalue weighted by Crippen LogP contribution is -2.51. The smallest absolute Gasteiger partial charge is 0.317 e. The van der Waals surface area contributed by atoms with Crippen LogP contribution in [0.4, 0.5) is 0 Å². The quantitative estimate of drug-likeness (QED) is 0.785. The normalized spacial score (nSPS) is 49.3. The number of carboxylic acid groups (broad SMARTS) is 1. The molecule has 0 aromatic heterocycles. The Morgan fingerprint density at radius 3 is 1.87 bits per heavy atom. The van der Waals surface area contributed by atoms with E-state index < -0.39 is 5.97 Å². The van der Waals surface area contributed by atoms with Crippen LogP contribution in [-0.4, -0.2) is 15.9 Å². The van der Waals surface area contributed by atoms with E-state index in [1.165, 1.54) is 19.3 Å². The largest absolute Gasteiger partial charge is 0.480 e. The van der Waals surface area contributed by atoms with Crippen molar-refractivity contribution in [1.82, 2.24) is 0 Å². The maximum atomic E-state index is 11.2. The van der Waals surface area contributed by atoms with E-state index in [1.54, 1.807) is 0 Å². The van der Waals surface area contributed by atoms with Crippen molar-refractivity contribution in [3.8, 4) is 0 Å². The topological polar surface area (TPSA) is 37.3 Å². The molecule has 0 aromatic carbocycles. The highest BCUT2D eigenvalue weighted by molar-refractivity contribution is 9.10. The second kappa shape index (κ2) is 3.22. The van der Waals surface area contributed by atoms with Gasteiger partial charge in [-0.1, -0.05) is 15.9 Å². The molecule has 1 atom stereocenters. The number of hydrogen-bond donors (Lipinski definition) is 1. The minimum atomic E-state index is -0.656. The van der Waals surface area contributed by atoms with Gasteiger partial charge in [0.25, 0.3) is 0 Å². The summed E-state index contributed by atoms with van der Waals surface area (Å²) in [7, 11) is 0. The van der Waals surface area contributed by atoms with Crippen LogP contribution in [0.1, 0.15) is 38.5 Å². The van der Waals surface area contributed by atoms with Crippen LogP contribution in [-0.2, 0) is 4.79 Å². The molecule has 84 valence electrons. The minimum absolute atomic E-state index is 0.0978. The van der Waals surface area contributed by atoms with Crippen LogP contribution in [0.25, 0.3) is 0 Å². The van der Waals surface area contributed by atoms with Gasteiger partial charge in [-0.15, -0.1) is 0 Å². The van der Waals surface area contributed by atoms with Crippen molar-refractivity contribution < 1.29 is 9.90 Å². The molecule has 0 spiro atoms. The number of carbonyl (C=O) groups is 1. The SMILES string of the molecule is O=C(O)[C@H](Br)C12CC3CC(CC(C3)C1)C2. The number of carboxylic acids is 1. The van der Waals surface area contributed by atoms with E-state index in [2.05, 4.69) is 15.9 Å². The first kappa shape index (κ1) is 10.1. The number of halogens is 1. The van der Waals surface area contributed by atoms with E-state index in [0.29, 0.717) is 0 Å². The van der Waals surface area contributed by atoms with Gasteiger partial charge in [0.15, 0.2) is 0 Å². The van der Waals surface area contributed by atoms with Gasteiger partial charge in [-0.25, -0.2) is 0 Å². The fraction of sp³-hybridized carbons (Fsp3) is 0.917. The minimum Gasteiger partial charge on any atom is -0.480 e. The van der Waals surface area contributed by atoms with Crippen molar-refractivity contribution in [2.45, 2.75) is 43.4 Å². The number of rotatable bonds is 2. The van der Waals surface area contributed by atoms with Gasteiger partial charge >= 0.3 is 5.97 Å². The summed E-state index contributed by atoms with van der Waals surface area (Å²) < 4.78 is 0. The fourth-order valence-corrected chi connectivity index (χ4v) is 5.31. The predicted octanol–water partition coefficient (Wildman–Crippen LogP) is 3.05. The highest BCUT2D eigenvalue weighted by Gasteiger charge is 2.55. The van der Waals surface area contributed by atoms with E-state index >= 15 is 0 Å². The van der Waals surface area contributed by atoms with Crippen LogP contribution in [0.2, 0.25) is 0 Å². The number of hydrogen-bond acceptors (Lipinski definition) is 1. The molecule has 0 unspecified atom stereocenters. The first-order chi connectivity index (χ1) is 7.09. The molecule has 4 bridgehead atoms. The Morgan fingerprint density at radius 2 is 1.53 bits per heavy atom. The van der Waals surface area contributed by atoms with Gasteiger partial charge in [-0.3, -0.25) is 4.79 Å². The van der Waals surface area contributed by atoms with Crippen molar-refractivity contribution in [3.05, 3.63) is 0 Å². The summed E-state index contributed by atoms with van der Waals surface area (Å²) in [4.78, 5) is 10.9. The molecule has 0 radical (unpaired) electrons. The van der Waals surface area contributed by atoms with Crippen molar-refractivity contribution in [2.24, 2.45) is 23.2 Å². The lowest BCUT2D eigenvalue weighted by molar-refractivity contribution is -0.143. The molecule has 4 rings (SSSR count). The van der Waals surface area contributed by atoms with Crippen molar-refractivity contribution in [2.75, 3.05) is 0 Å². The Morgan fingerprint density at radius 1 is 1.13 bits per heavy atom. The van der Waals surface area contributed by atoms with Crippen LogP contribution >= 0.6 is 15.9 Å². The van der Waals surface area contributed by atoms with E-state index in [4.69, 9.17) is 0 Å². The molecule has 0 aromatic rings. The van der Waals surface area contributed by atoms with E-state index in [1.807, 2.05) is 0 Å². The van der Waals surface area contributed by atoms with Gasteiger partial charge in [-0.2, -0.15) is 0 Å². The highest BCUT2D eigenvalue weighted by atomic mass is 79.9. The fourth-order valence-electron chi connectivity index (χ4n) is 4.75. The van der Waals surface area contributed by atoms with Crippen LogP contribution in [0.5, 0.6) is 0 Å². The standard InChI is InChI=1S/C12H17BrO2/c13-10(11(14)15)12-4-7-1-8(5-12)3-9(2-7)6-12/h7-10H,1-6H2,(H,14,15)/t7?,8?,9?,10-,12?/m0/s1. The number of alkyl halides is 1. The molecular weight excluding hydrogens is 256 g/mol. The zero-order chi connectivity index (χ0) is 10.6. The van der Waals surface area contributed by atoms with E-state index in [0.717, 1.165) is 37.0 Å². The first-order valence-corrected chi connectivity index (χ1v) is 6.87. The molecule has 1 N–H and O–H groups in total. The Kier molecular flexibility index (Phi) is 2.17. The Labute approximate surface area is 98.6 Å². The second-order valence-corrected chi connectivity index (χ2v) is 6.90. The summed E-state index contributed by atoms with van der Waals surface area (Å²) in [6, 6.07) is 0. The molecule has 4 fully saturated rings. The predicted molar refractivity (Wildman–Crippen MR) is 61.0 cm³/mol. The van der Waals surface area contributed by atoms with Gasteiger partial charge in [0, 0.05) is 0 Å². The lowest BCUT2D eigenvalue weighted by atomic mass is 9.49. The number of aliphatic carboxylic acids is 1. The summed E-state index contributed by atoms with van der Waals surface area (Å²) in [6.07, 6.45) is 7.58. The second-order valence-electron chi connectivity index (χ2n) is 5.98. The average molecular weight is 273 g/mol. The molecular formula is C12H17BrO2. The maximum Gasteiger partial charge on any atom is 0.317 e. The van der Waals surface area contributed by atoms with E-state index in [-0.39, 0.29) is 10.2 Å². The molecule has 4 aliphatic rings. The van der Waals surface area contributed by atoms with Gasteiger partial charge in [0.1, 0.15) is 4.83 Å². The van der Waals surface area contributed by atoms with Crippen LogP contribution < -0.4 is 0 Å². The zero-order valence-corrected chi connectivity index (χ0v) is 10.4. The van der Waals surface area contributed by atoms with Crippen LogP contribution in [0, 0.1) is 23.2 Å². The van der Waals surface area contributed by atoms with Crippen molar-refractivity contribution >= 4 is 21.9 Å². The third-order valence-corrected chi connectivity index (χ3v) is 6.20. The average Bonchev–Trinajstić information content (AvgIpc) is 2.14. The third kappa shape index (κ3) is 1.46. The molecule has 4 aliphatic carbocycles. The monoisotopic (exact) mass is 272 g/mol. The highest BCUT2D eigenvalue weighted by Crippen LogP contribution is 2.62. The van der Waals surface area contributed by atoms with Crippen LogP contribution in [0.15, 0.2) is 0 Å². The van der Waals surface area contributed by atoms with Crippen molar-refractivity contribution in [1.29, 1.82) is 0 Å². The molecule has 0 amide bonds. The Bertz CT molecular complexity index is 265. The van der Waals surface area contributed by atoms with Gasteiger partial charge in [0.2, 0.25) is 0 Å².